The van der Waals surface area contributed by atoms with Gasteiger partial charge in [0.2, 0.25) is 0 Å². The van der Waals surface area contributed by atoms with Crippen LogP contribution in [0.4, 0.5) is 0 Å². The van der Waals surface area contributed by atoms with Crippen LogP contribution in [0.15, 0.2) is 28.7 Å². The third kappa shape index (κ3) is 3.06. The number of hydrogen-bond acceptors (Lipinski definition) is 2. The van der Waals surface area contributed by atoms with E-state index in [1.807, 2.05) is 7.05 Å². The maximum Gasteiger partial charge on any atom is 0.0519 e. The number of rotatable bonds is 4. The fourth-order valence-corrected chi connectivity index (χ4v) is 2.41. The van der Waals surface area contributed by atoms with Crippen molar-refractivity contribution in [2.45, 2.75) is 25.4 Å². The lowest BCUT2D eigenvalue weighted by atomic mass is 9.88. The van der Waals surface area contributed by atoms with E-state index in [4.69, 9.17) is 0 Å². The fourth-order valence-electron chi connectivity index (χ4n) is 2.14. The van der Waals surface area contributed by atoms with Gasteiger partial charge in [-0.05, 0) is 52.7 Å². The van der Waals surface area contributed by atoms with Crippen LogP contribution in [-0.4, -0.2) is 31.6 Å². The lowest BCUT2D eigenvalue weighted by Crippen LogP contribution is -2.48. The van der Waals surface area contributed by atoms with E-state index in [1.165, 1.54) is 5.56 Å². The van der Waals surface area contributed by atoms with Crippen molar-refractivity contribution in [1.82, 2.24) is 10.2 Å². The van der Waals surface area contributed by atoms with Gasteiger partial charge in [0, 0.05) is 10.0 Å². The molecule has 1 aromatic carbocycles. The van der Waals surface area contributed by atoms with Crippen molar-refractivity contribution in [3.8, 4) is 0 Å². The molecule has 0 fully saturated rings. The molecule has 1 aromatic rings. The number of likely N-dealkylation sites (N-methyl/N-ethyl adjacent to an activating group) is 2. The molecule has 1 N–H and O–H groups in total. The summed E-state index contributed by atoms with van der Waals surface area (Å²) in [5.74, 6) is 0. The summed E-state index contributed by atoms with van der Waals surface area (Å²) in [7, 11) is 6.24. The van der Waals surface area contributed by atoms with E-state index in [1.54, 1.807) is 0 Å². The molecule has 16 heavy (non-hydrogen) atoms. The van der Waals surface area contributed by atoms with Crippen LogP contribution in [0.2, 0.25) is 0 Å². The Morgan fingerprint density at radius 2 is 1.69 bits per heavy atom. The summed E-state index contributed by atoms with van der Waals surface area (Å²) in [6, 6.07) is 8.89. The first-order valence-corrected chi connectivity index (χ1v) is 6.28. The van der Waals surface area contributed by atoms with Crippen LogP contribution in [0.3, 0.4) is 0 Å². The monoisotopic (exact) mass is 284 g/mol. The molecule has 2 nitrogen and oxygen atoms in total. The Kier molecular flexibility index (Phi) is 4.53. The van der Waals surface area contributed by atoms with Gasteiger partial charge in [-0.15, -0.1) is 0 Å². The molecule has 0 aliphatic carbocycles. The minimum atomic E-state index is 0.0390. The summed E-state index contributed by atoms with van der Waals surface area (Å²) in [6.07, 6.45) is 0. The second-order valence-corrected chi connectivity index (χ2v) is 5.81. The first-order chi connectivity index (χ1) is 7.38. The van der Waals surface area contributed by atoms with E-state index in [0.29, 0.717) is 6.04 Å². The molecule has 0 heterocycles. The average molecular weight is 285 g/mol. The SMILES string of the molecule is CNC(C)(C)C(c1ccc(Br)cc1)N(C)C. The predicted molar refractivity (Wildman–Crippen MR) is 73.7 cm³/mol. The van der Waals surface area contributed by atoms with Crippen LogP contribution in [-0.2, 0) is 0 Å². The highest BCUT2D eigenvalue weighted by Gasteiger charge is 2.30. The van der Waals surface area contributed by atoms with E-state index < -0.39 is 0 Å². The zero-order valence-corrected chi connectivity index (χ0v) is 12.3. The largest absolute Gasteiger partial charge is 0.313 e. The van der Waals surface area contributed by atoms with Gasteiger partial charge in [-0.1, -0.05) is 28.1 Å². The van der Waals surface area contributed by atoms with Gasteiger partial charge in [-0.25, -0.2) is 0 Å². The molecule has 1 unspecified atom stereocenters. The Balaban J connectivity index is 3.08. The maximum absolute atomic E-state index is 3.47. The van der Waals surface area contributed by atoms with Crippen molar-refractivity contribution < 1.29 is 0 Å². The van der Waals surface area contributed by atoms with E-state index >= 15 is 0 Å². The van der Waals surface area contributed by atoms with Crippen molar-refractivity contribution in [2.75, 3.05) is 21.1 Å². The first-order valence-electron chi connectivity index (χ1n) is 5.49. The van der Waals surface area contributed by atoms with E-state index in [2.05, 4.69) is 78.4 Å². The van der Waals surface area contributed by atoms with Gasteiger partial charge in [0.15, 0.2) is 0 Å². The number of hydrogen-bond donors (Lipinski definition) is 1. The minimum Gasteiger partial charge on any atom is -0.313 e. The Labute approximate surface area is 107 Å². The number of nitrogens with zero attached hydrogens (tertiary/aromatic N) is 1. The zero-order chi connectivity index (χ0) is 12.3. The molecule has 3 heteroatoms. The average Bonchev–Trinajstić information content (AvgIpc) is 2.20. The second kappa shape index (κ2) is 5.30. The molecule has 0 saturated heterocycles. The topological polar surface area (TPSA) is 15.3 Å². The lowest BCUT2D eigenvalue weighted by molar-refractivity contribution is 0.177. The molecule has 0 aliphatic rings. The first kappa shape index (κ1) is 13.7. The van der Waals surface area contributed by atoms with Crippen molar-refractivity contribution >= 4 is 15.9 Å². The molecular weight excluding hydrogens is 264 g/mol. The molecule has 1 atom stereocenters. The Morgan fingerprint density at radius 3 is 2.06 bits per heavy atom. The van der Waals surface area contributed by atoms with Gasteiger partial charge in [0.1, 0.15) is 0 Å². The highest BCUT2D eigenvalue weighted by atomic mass is 79.9. The highest BCUT2D eigenvalue weighted by molar-refractivity contribution is 9.10. The van der Waals surface area contributed by atoms with Gasteiger partial charge in [-0.2, -0.15) is 0 Å². The van der Waals surface area contributed by atoms with Gasteiger partial charge >= 0.3 is 0 Å². The molecule has 0 aliphatic heterocycles. The van der Waals surface area contributed by atoms with Crippen LogP contribution in [0.1, 0.15) is 25.5 Å². The summed E-state index contributed by atoms with van der Waals surface area (Å²) < 4.78 is 1.12. The Bertz CT molecular complexity index is 330. The molecule has 90 valence electrons. The molecule has 0 bridgehead atoms. The second-order valence-electron chi connectivity index (χ2n) is 4.89. The summed E-state index contributed by atoms with van der Waals surface area (Å²) in [4.78, 5) is 2.25. The third-order valence-corrected chi connectivity index (χ3v) is 3.56. The summed E-state index contributed by atoms with van der Waals surface area (Å²) >= 11 is 3.47. The van der Waals surface area contributed by atoms with Crippen LogP contribution in [0, 0.1) is 0 Å². The molecule has 0 amide bonds. The predicted octanol–water partition coefficient (Wildman–Crippen LogP) is 3.05. The highest BCUT2D eigenvalue weighted by Crippen LogP contribution is 2.30. The van der Waals surface area contributed by atoms with E-state index in [9.17, 15) is 0 Å². The van der Waals surface area contributed by atoms with Crippen molar-refractivity contribution in [1.29, 1.82) is 0 Å². The summed E-state index contributed by atoms with van der Waals surface area (Å²) in [5, 5.41) is 3.38. The van der Waals surface area contributed by atoms with E-state index in [-0.39, 0.29) is 5.54 Å². The van der Waals surface area contributed by atoms with E-state index in [0.717, 1.165) is 4.47 Å². The molecule has 1 rings (SSSR count). The molecule has 0 radical (unpaired) electrons. The Morgan fingerprint density at radius 1 is 1.19 bits per heavy atom. The fraction of sp³-hybridized carbons (Fsp3) is 0.538. The lowest BCUT2D eigenvalue weighted by Gasteiger charge is -2.39. The summed E-state index contributed by atoms with van der Waals surface area (Å²) in [6.45, 7) is 4.44. The quantitative estimate of drug-likeness (QED) is 0.914. The minimum absolute atomic E-state index is 0.0390. The van der Waals surface area contributed by atoms with Crippen LogP contribution < -0.4 is 5.32 Å². The third-order valence-electron chi connectivity index (χ3n) is 3.03. The van der Waals surface area contributed by atoms with Gasteiger partial charge in [0.05, 0.1) is 6.04 Å². The number of benzene rings is 1. The normalized spacial score (nSPS) is 14.2. The van der Waals surface area contributed by atoms with Gasteiger partial charge in [0.25, 0.3) is 0 Å². The van der Waals surface area contributed by atoms with Crippen LogP contribution in [0.5, 0.6) is 0 Å². The molecule has 0 aromatic heterocycles. The standard InChI is InChI=1S/C13H21BrN2/c1-13(2,15-3)12(16(4)5)10-6-8-11(14)9-7-10/h6-9,12,15H,1-5H3. The van der Waals surface area contributed by atoms with Crippen molar-refractivity contribution in [3.63, 3.8) is 0 Å². The van der Waals surface area contributed by atoms with Gasteiger partial charge in [-0.3, -0.25) is 0 Å². The molecular formula is C13H21BrN2. The number of nitrogens with one attached hydrogen (secondary N) is 1. The number of halogens is 1. The van der Waals surface area contributed by atoms with Crippen molar-refractivity contribution in [2.24, 2.45) is 0 Å². The van der Waals surface area contributed by atoms with Crippen molar-refractivity contribution in [3.05, 3.63) is 34.3 Å². The van der Waals surface area contributed by atoms with Crippen LogP contribution >= 0.6 is 15.9 Å². The molecule has 0 saturated carbocycles. The smallest absolute Gasteiger partial charge is 0.0519 e. The molecule has 0 spiro atoms. The maximum atomic E-state index is 3.47. The van der Waals surface area contributed by atoms with Gasteiger partial charge < -0.3 is 10.2 Å². The zero-order valence-electron chi connectivity index (χ0n) is 10.7. The summed E-state index contributed by atoms with van der Waals surface area (Å²) in [5.41, 5.74) is 1.37. The van der Waals surface area contributed by atoms with Crippen LogP contribution in [0.25, 0.3) is 0 Å². The Hall–Kier alpha value is -0.380.